The summed E-state index contributed by atoms with van der Waals surface area (Å²) in [5.74, 6) is 1.22. The average molecular weight is 377 g/mol. The van der Waals surface area contributed by atoms with Gasteiger partial charge in [-0.05, 0) is 37.2 Å². The van der Waals surface area contributed by atoms with Crippen LogP contribution in [0.2, 0.25) is 0 Å². The molecular weight excluding hydrogens is 344 g/mol. The zero-order valence-electron chi connectivity index (χ0n) is 16.5. The number of nitrogens with one attached hydrogen (secondary N) is 1. The van der Waals surface area contributed by atoms with Crippen LogP contribution in [0.3, 0.4) is 0 Å². The van der Waals surface area contributed by atoms with E-state index in [-0.39, 0.29) is 17.9 Å². The predicted octanol–water partition coefficient (Wildman–Crippen LogP) is 2.14. The first-order valence-corrected chi connectivity index (χ1v) is 10.2. The van der Waals surface area contributed by atoms with Crippen LogP contribution in [0.1, 0.15) is 57.7 Å². The van der Waals surface area contributed by atoms with Gasteiger partial charge in [0.15, 0.2) is 0 Å². The summed E-state index contributed by atoms with van der Waals surface area (Å²) in [6, 6.07) is 1.84. The maximum Gasteiger partial charge on any atom is 0.223 e. The van der Waals surface area contributed by atoms with Gasteiger partial charge in [0.05, 0.1) is 24.7 Å². The Morgan fingerprint density at radius 3 is 2.85 bits per heavy atom. The van der Waals surface area contributed by atoms with Crippen LogP contribution in [-0.2, 0) is 20.9 Å². The molecule has 1 saturated heterocycles. The molecule has 0 radical (unpaired) electrons. The molecule has 2 amide bonds. The standard InChI is InChI=1S/C20H32N4O3/c1-15(2)3-4-20(26)23-13-17-5-8-22-24(17)18(14-23)11-19(25)21-12-16-6-9-27-10-7-16/h5,8,15-16,18H,3-4,6-7,9-14H2,1-2H3,(H,21,25)/t18-/m0/s1. The summed E-state index contributed by atoms with van der Waals surface area (Å²) >= 11 is 0. The van der Waals surface area contributed by atoms with E-state index in [9.17, 15) is 9.59 Å². The number of carbonyl (C=O) groups is 2. The third kappa shape index (κ3) is 5.54. The van der Waals surface area contributed by atoms with E-state index in [1.165, 1.54) is 0 Å². The van der Waals surface area contributed by atoms with Crippen LogP contribution in [0.25, 0.3) is 0 Å². The van der Waals surface area contributed by atoms with Crippen LogP contribution in [0.4, 0.5) is 0 Å². The monoisotopic (exact) mass is 376 g/mol. The molecule has 0 spiro atoms. The van der Waals surface area contributed by atoms with Crippen molar-refractivity contribution in [3.05, 3.63) is 18.0 Å². The Labute approximate surface area is 161 Å². The molecule has 0 saturated carbocycles. The van der Waals surface area contributed by atoms with E-state index in [0.29, 0.717) is 44.3 Å². The first kappa shape index (κ1) is 19.9. The number of hydrogen-bond donors (Lipinski definition) is 1. The van der Waals surface area contributed by atoms with E-state index in [0.717, 1.165) is 38.2 Å². The van der Waals surface area contributed by atoms with Gasteiger partial charge in [0.25, 0.3) is 0 Å². The van der Waals surface area contributed by atoms with Crippen molar-refractivity contribution in [1.29, 1.82) is 0 Å². The summed E-state index contributed by atoms with van der Waals surface area (Å²) < 4.78 is 7.28. The van der Waals surface area contributed by atoms with Gasteiger partial charge in [-0.3, -0.25) is 14.3 Å². The van der Waals surface area contributed by atoms with Crippen molar-refractivity contribution in [2.45, 2.75) is 58.5 Å². The second kappa shape index (κ2) is 9.35. The van der Waals surface area contributed by atoms with Gasteiger partial charge in [-0.25, -0.2) is 0 Å². The predicted molar refractivity (Wildman–Crippen MR) is 102 cm³/mol. The van der Waals surface area contributed by atoms with E-state index < -0.39 is 0 Å². The van der Waals surface area contributed by atoms with E-state index in [4.69, 9.17) is 4.74 Å². The Bertz CT molecular complexity index is 637. The van der Waals surface area contributed by atoms with Crippen LogP contribution in [0, 0.1) is 11.8 Å². The first-order valence-electron chi connectivity index (χ1n) is 10.2. The Morgan fingerprint density at radius 2 is 2.11 bits per heavy atom. The third-order valence-corrected chi connectivity index (χ3v) is 5.52. The molecule has 1 fully saturated rings. The van der Waals surface area contributed by atoms with Gasteiger partial charge in [-0.1, -0.05) is 13.8 Å². The fourth-order valence-corrected chi connectivity index (χ4v) is 3.79. The highest BCUT2D eigenvalue weighted by Crippen LogP contribution is 2.24. The first-order chi connectivity index (χ1) is 13.0. The Kier molecular flexibility index (Phi) is 6.88. The molecule has 2 aliphatic heterocycles. The number of ether oxygens (including phenoxy) is 1. The van der Waals surface area contributed by atoms with Crippen molar-refractivity contribution >= 4 is 11.8 Å². The lowest BCUT2D eigenvalue weighted by Crippen LogP contribution is -2.43. The summed E-state index contributed by atoms with van der Waals surface area (Å²) in [5, 5.41) is 7.46. The van der Waals surface area contributed by atoms with Gasteiger partial charge in [0, 0.05) is 38.9 Å². The number of hydrogen-bond acceptors (Lipinski definition) is 4. The molecule has 3 heterocycles. The molecule has 7 heteroatoms. The summed E-state index contributed by atoms with van der Waals surface area (Å²) in [5.41, 5.74) is 1.00. The number of nitrogens with zero attached hydrogens (tertiary/aromatic N) is 3. The van der Waals surface area contributed by atoms with Crippen molar-refractivity contribution in [2.24, 2.45) is 11.8 Å². The zero-order chi connectivity index (χ0) is 19.2. The molecule has 27 heavy (non-hydrogen) atoms. The molecule has 1 N–H and O–H groups in total. The third-order valence-electron chi connectivity index (χ3n) is 5.52. The number of fused-ring (bicyclic) bond motifs is 1. The Morgan fingerprint density at radius 1 is 1.33 bits per heavy atom. The maximum atomic E-state index is 12.6. The molecule has 1 aromatic rings. The summed E-state index contributed by atoms with van der Waals surface area (Å²) in [6.07, 6.45) is 5.58. The summed E-state index contributed by atoms with van der Waals surface area (Å²) in [6.45, 7) is 7.67. The molecule has 1 aromatic heterocycles. The molecule has 0 unspecified atom stereocenters. The molecule has 0 aromatic carbocycles. The van der Waals surface area contributed by atoms with Crippen molar-refractivity contribution in [3.63, 3.8) is 0 Å². The number of rotatable bonds is 7. The quantitative estimate of drug-likeness (QED) is 0.791. The highest BCUT2D eigenvalue weighted by molar-refractivity contribution is 5.78. The molecular formula is C20H32N4O3. The summed E-state index contributed by atoms with van der Waals surface area (Å²) in [7, 11) is 0. The van der Waals surface area contributed by atoms with E-state index in [2.05, 4.69) is 24.3 Å². The van der Waals surface area contributed by atoms with Crippen LogP contribution in [0.5, 0.6) is 0 Å². The maximum absolute atomic E-state index is 12.6. The summed E-state index contributed by atoms with van der Waals surface area (Å²) in [4.78, 5) is 27.0. The topological polar surface area (TPSA) is 76.5 Å². The number of carbonyl (C=O) groups excluding carboxylic acids is 2. The van der Waals surface area contributed by atoms with Crippen LogP contribution < -0.4 is 5.32 Å². The molecule has 1 atom stereocenters. The second-order valence-electron chi connectivity index (χ2n) is 8.19. The zero-order valence-corrected chi connectivity index (χ0v) is 16.5. The van der Waals surface area contributed by atoms with Gasteiger partial charge in [0.1, 0.15) is 0 Å². The largest absolute Gasteiger partial charge is 0.381 e. The van der Waals surface area contributed by atoms with Crippen molar-refractivity contribution in [2.75, 3.05) is 26.3 Å². The van der Waals surface area contributed by atoms with Crippen LogP contribution in [-0.4, -0.2) is 52.8 Å². The van der Waals surface area contributed by atoms with Crippen LogP contribution >= 0.6 is 0 Å². The molecule has 0 aliphatic carbocycles. The SMILES string of the molecule is CC(C)CCC(=O)N1Cc2ccnn2[C@@H](CC(=O)NCC2CCOCC2)C1. The normalized spacial score (nSPS) is 20.6. The fraction of sp³-hybridized carbons (Fsp3) is 0.750. The van der Waals surface area contributed by atoms with Gasteiger partial charge >= 0.3 is 0 Å². The van der Waals surface area contributed by atoms with Crippen molar-refractivity contribution in [3.8, 4) is 0 Å². The lowest BCUT2D eigenvalue weighted by Gasteiger charge is -2.34. The smallest absolute Gasteiger partial charge is 0.223 e. The van der Waals surface area contributed by atoms with Crippen molar-refractivity contribution in [1.82, 2.24) is 20.0 Å². The van der Waals surface area contributed by atoms with Crippen molar-refractivity contribution < 1.29 is 14.3 Å². The van der Waals surface area contributed by atoms with E-state index >= 15 is 0 Å². The lowest BCUT2D eigenvalue weighted by molar-refractivity contribution is -0.134. The highest BCUT2D eigenvalue weighted by Gasteiger charge is 2.30. The van der Waals surface area contributed by atoms with Crippen LogP contribution in [0.15, 0.2) is 12.3 Å². The highest BCUT2D eigenvalue weighted by atomic mass is 16.5. The molecule has 150 valence electrons. The number of amides is 2. The van der Waals surface area contributed by atoms with E-state index in [1.807, 2.05) is 15.6 Å². The second-order valence-corrected chi connectivity index (χ2v) is 8.19. The minimum absolute atomic E-state index is 0.0319. The molecule has 3 rings (SSSR count). The Hall–Kier alpha value is -1.89. The van der Waals surface area contributed by atoms with Gasteiger partial charge < -0.3 is 15.0 Å². The van der Waals surface area contributed by atoms with Gasteiger partial charge in [0.2, 0.25) is 11.8 Å². The van der Waals surface area contributed by atoms with Gasteiger partial charge in [-0.2, -0.15) is 5.10 Å². The van der Waals surface area contributed by atoms with Gasteiger partial charge in [-0.15, -0.1) is 0 Å². The lowest BCUT2D eigenvalue weighted by atomic mass is 10.0. The minimum atomic E-state index is -0.0959. The molecule has 7 nitrogen and oxygen atoms in total. The minimum Gasteiger partial charge on any atom is -0.381 e. The molecule has 2 aliphatic rings. The fourth-order valence-electron chi connectivity index (χ4n) is 3.79. The average Bonchev–Trinajstić information content (AvgIpc) is 3.14. The van der Waals surface area contributed by atoms with E-state index in [1.54, 1.807) is 6.20 Å². The number of aromatic nitrogens is 2. The Balaban J connectivity index is 1.55. The molecule has 0 bridgehead atoms.